The summed E-state index contributed by atoms with van der Waals surface area (Å²) in [6.45, 7) is 8.47. The first-order valence-corrected chi connectivity index (χ1v) is 8.37. The zero-order valence-electron chi connectivity index (χ0n) is 15.0. The van der Waals surface area contributed by atoms with Crippen LogP contribution in [0.3, 0.4) is 0 Å². The number of ether oxygens (including phenoxy) is 3. The van der Waals surface area contributed by atoms with E-state index in [0.29, 0.717) is 36.1 Å². The highest BCUT2D eigenvalue weighted by Crippen LogP contribution is 2.24. The first-order valence-electron chi connectivity index (χ1n) is 8.37. The van der Waals surface area contributed by atoms with Crippen LogP contribution >= 0.6 is 0 Å². The molecule has 1 saturated heterocycles. The molecule has 0 aliphatic carbocycles. The van der Waals surface area contributed by atoms with Crippen molar-refractivity contribution >= 4 is 5.91 Å². The predicted molar refractivity (Wildman–Crippen MR) is 92.9 cm³/mol. The van der Waals surface area contributed by atoms with Crippen LogP contribution in [-0.2, 0) is 4.74 Å². The number of amides is 1. The van der Waals surface area contributed by atoms with Gasteiger partial charge in [-0.2, -0.15) is 0 Å². The van der Waals surface area contributed by atoms with Crippen LogP contribution in [-0.4, -0.2) is 63.9 Å². The summed E-state index contributed by atoms with van der Waals surface area (Å²) in [4.78, 5) is 14.8. The fourth-order valence-electron chi connectivity index (χ4n) is 2.87. The number of nitrogens with one attached hydrogen (secondary N) is 1. The highest BCUT2D eigenvalue weighted by molar-refractivity contribution is 5.97. The lowest BCUT2D eigenvalue weighted by Gasteiger charge is -2.34. The van der Waals surface area contributed by atoms with Gasteiger partial charge in [-0.3, -0.25) is 9.69 Å². The lowest BCUT2D eigenvalue weighted by Crippen LogP contribution is -2.48. The van der Waals surface area contributed by atoms with Gasteiger partial charge >= 0.3 is 0 Å². The standard InChI is InChI=1S/C18H28N2O4/c1-13(2)11-20-7-8-24-15(12-20)10-19-18(21)16-6-5-14(22-3)9-17(16)23-4/h5-6,9,13,15H,7-8,10-12H2,1-4H3,(H,19,21). The number of rotatable bonds is 7. The van der Waals surface area contributed by atoms with Crippen molar-refractivity contribution in [2.24, 2.45) is 5.92 Å². The van der Waals surface area contributed by atoms with Gasteiger partial charge in [0.1, 0.15) is 11.5 Å². The summed E-state index contributed by atoms with van der Waals surface area (Å²) >= 11 is 0. The summed E-state index contributed by atoms with van der Waals surface area (Å²) in [5, 5.41) is 2.94. The molecule has 24 heavy (non-hydrogen) atoms. The van der Waals surface area contributed by atoms with E-state index in [1.165, 1.54) is 0 Å². The molecular formula is C18H28N2O4. The van der Waals surface area contributed by atoms with E-state index in [4.69, 9.17) is 14.2 Å². The third-order valence-corrected chi connectivity index (χ3v) is 3.99. The maximum absolute atomic E-state index is 12.4. The Hall–Kier alpha value is -1.79. The average molecular weight is 336 g/mol. The van der Waals surface area contributed by atoms with Gasteiger partial charge in [0.05, 0.1) is 32.5 Å². The lowest BCUT2D eigenvalue weighted by atomic mass is 10.1. The molecule has 1 N–H and O–H groups in total. The van der Waals surface area contributed by atoms with Gasteiger partial charge in [0.15, 0.2) is 0 Å². The van der Waals surface area contributed by atoms with E-state index < -0.39 is 0 Å². The van der Waals surface area contributed by atoms with Crippen LogP contribution in [0.4, 0.5) is 0 Å². The minimum absolute atomic E-state index is 0.0192. The predicted octanol–water partition coefficient (Wildman–Crippen LogP) is 1.79. The van der Waals surface area contributed by atoms with Crippen molar-refractivity contribution in [3.63, 3.8) is 0 Å². The molecule has 1 aromatic carbocycles. The van der Waals surface area contributed by atoms with E-state index in [2.05, 4.69) is 24.1 Å². The highest BCUT2D eigenvalue weighted by atomic mass is 16.5. The Bertz CT molecular complexity index is 548. The van der Waals surface area contributed by atoms with E-state index >= 15 is 0 Å². The van der Waals surface area contributed by atoms with Crippen molar-refractivity contribution < 1.29 is 19.0 Å². The zero-order chi connectivity index (χ0) is 17.5. The number of carbonyl (C=O) groups excluding carboxylic acids is 1. The Morgan fingerprint density at radius 2 is 2.17 bits per heavy atom. The van der Waals surface area contributed by atoms with Gasteiger partial charge < -0.3 is 19.5 Å². The van der Waals surface area contributed by atoms with Crippen LogP contribution in [0.2, 0.25) is 0 Å². The molecular weight excluding hydrogens is 308 g/mol. The largest absolute Gasteiger partial charge is 0.497 e. The van der Waals surface area contributed by atoms with E-state index in [-0.39, 0.29) is 12.0 Å². The summed E-state index contributed by atoms with van der Waals surface area (Å²) in [7, 11) is 3.12. The number of hydrogen-bond acceptors (Lipinski definition) is 5. The number of benzene rings is 1. The fourth-order valence-corrected chi connectivity index (χ4v) is 2.87. The molecule has 1 aliphatic rings. The molecule has 134 valence electrons. The number of methoxy groups -OCH3 is 2. The Kier molecular flexibility index (Phi) is 6.87. The number of nitrogens with zero attached hydrogens (tertiary/aromatic N) is 1. The molecule has 1 aromatic rings. The molecule has 1 fully saturated rings. The highest BCUT2D eigenvalue weighted by Gasteiger charge is 2.22. The topological polar surface area (TPSA) is 60.0 Å². The van der Waals surface area contributed by atoms with Crippen molar-refractivity contribution in [1.82, 2.24) is 10.2 Å². The summed E-state index contributed by atoms with van der Waals surface area (Å²) in [6.07, 6.45) is 0.0192. The average Bonchev–Trinajstić information content (AvgIpc) is 2.58. The molecule has 1 heterocycles. The summed E-state index contributed by atoms with van der Waals surface area (Å²) in [5.74, 6) is 1.61. The maximum atomic E-state index is 12.4. The summed E-state index contributed by atoms with van der Waals surface area (Å²) < 4.78 is 16.2. The van der Waals surface area contributed by atoms with Crippen LogP contribution in [0.1, 0.15) is 24.2 Å². The molecule has 6 heteroatoms. The fraction of sp³-hybridized carbons (Fsp3) is 0.611. The molecule has 1 unspecified atom stereocenters. The minimum atomic E-state index is -0.168. The third-order valence-electron chi connectivity index (χ3n) is 3.99. The van der Waals surface area contributed by atoms with E-state index in [9.17, 15) is 4.79 Å². The maximum Gasteiger partial charge on any atom is 0.255 e. The zero-order valence-corrected chi connectivity index (χ0v) is 15.0. The molecule has 1 atom stereocenters. The summed E-state index contributed by atoms with van der Waals surface area (Å²) in [6, 6.07) is 5.16. The molecule has 1 aliphatic heterocycles. The smallest absolute Gasteiger partial charge is 0.255 e. The van der Waals surface area contributed by atoms with Crippen LogP contribution in [0, 0.1) is 5.92 Å². The van der Waals surface area contributed by atoms with Crippen LogP contribution < -0.4 is 14.8 Å². The monoisotopic (exact) mass is 336 g/mol. The Morgan fingerprint density at radius 3 is 2.83 bits per heavy atom. The lowest BCUT2D eigenvalue weighted by molar-refractivity contribution is -0.0295. The normalized spacial score (nSPS) is 18.5. The summed E-state index contributed by atoms with van der Waals surface area (Å²) in [5.41, 5.74) is 0.494. The minimum Gasteiger partial charge on any atom is -0.497 e. The van der Waals surface area contributed by atoms with Gasteiger partial charge in [-0.1, -0.05) is 13.8 Å². The van der Waals surface area contributed by atoms with Crippen molar-refractivity contribution in [2.45, 2.75) is 20.0 Å². The molecule has 0 spiro atoms. The number of morpholine rings is 1. The molecule has 0 bridgehead atoms. The first kappa shape index (κ1) is 18.5. The van der Waals surface area contributed by atoms with Crippen molar-refractivity contribution in [3.8, 4) is 11.5 Å². The van der Waals surface area contributed by atoms with Gasteiger partial charge in [-0.15, -0.1) is 0 Å². The van der Waals surface area contributed by atoms with Gasteiger partial charge in [0.2, 0.25) is 0 Å². The van der Waals surface area contributed by atoms with E-state index in [1.807, 2.05) is 0 Å². The first-order chi connectivity index (χ1) is 11.5. The second-order valence-corrected chi connectivity index (χ2v) is 6.42. The quantitative estimate of drug-likeness (QED) is 0.823. The molecule has 0 radical (unpaired) electrons. The second kappa shape index (κ2) is 8.89. The van der Waals surface area contributed by atoms with Gasteiger partial charge in [0.25, 0.3) is 5.91 Å². The second-order valence-electron chi connectivity index (χ2n) is 6.42. The SMILES string of the molecule is COc1ccc(C(=O)NCC2CN(CC(C)C)CCO2)c(OC)c1. The van der Waals surface area contributed by atoms with Crippen molar-refractivity contribution in [3.05, 3.63) is 23.8 Å². The van der Waals surface area contributed by atoms with Crippen molar-refractivity contribution in [2.75, 3.05) is 47.0 Å². The third kappa shape index (κ3) is 5.11. The molecule has 0 saturated carbocycles. The molecule has 0 aromatic heterocycles. The molecule has 6 nitrogen and oxygen atoms in total. The van der Waals surface area contributed by atoms with Gasteiger partial charge in [0, 0.05) is 32.2 Å². The van der Waals surface area contributed by atoms with Crippen LogP contribution in [0.5, 0.6) is 11.5 Å². The molecule has 2 rings (SSSR count). The Labute approximate surface area is 144 Å². The van der Waals surface area contributed by atoms with Gasteiger partial charge in [-0.25, -0.2) is 0 Å². The number of hydrogen-bond donors (Lipinski definition) is 1. The van der Waals surface area contributed by atoms with Gasteiger partial charge in [-0.05, 0) is 18.1 Å². The van der Waals surface area contributed by atoms with Crippen molar-refractivity contribution in [1.29, 1.82) is 0 Å². The Morgan fingerprint density at radius 1 is 1.38 bits per heavy atom. The molecule has 1 amide bonds. The number of carbonyl (C=O) groups is 1. The van der Waals surface area contributed by atoms with Crippen LogP contribution in [0.15, 0.2) is 18.2 Å². The van der Waals surface area contributed by atoms with E-state index in [1.54, 1.807) is 32.4 Å². The van der Waals surface area contributed by atoms with E-state index in [0.717, 1.165) is 19.6 Å². The van der Waals surface area contributed by atoms with Crippen LogP contribution in [0.25, 0.3) is 0 Å². The Balaban J connectivity index is 1.91.